The van der Waals surface area contributed by atoms with Crippen molar-refractivity contribution < 1.29 is 38.2 Å². The van der Waals surface area contributed by atoms with Crippen LogP contribution in [0.1, 0.15) is 88.7 Å². The number of amides is 3. The molecular formula is C38H50N4O8. The Bertz CT molecular complexity index is 1650. The highest BCUT2D eigenvalue weighted by Crippen LogP contribution is 2.45. The standard InChI is InChI=1S/C38H50N4O8/c1-9-11-12-13-14-15-28(40-36(47)50-37(5,6)7)34(45)42-22-26(19-31(42)33(44)41-38(35(46)48-8)21-25(38)10-2)49-32-20-29(24(4)43)39-30-18-23(3)16-17-27(30)32/h9-10,16-18,20,25-26,28,31H,1-2,11-15,19,21-22H2,3-8H3,(H,40,47)(H,41,44)/t25?,26-,28+,31+,38-/m1/s1. The molecule has 12 nitrogen and oxygen atoms in total. The molecule has 1 aromatic heterocycles. The SMILES string of the molecule is C=CCCCCC[C@H](NC(=O)OC(C)(C)C)C(=O)N1C[C@H](Oc2cc(C(C)=O)nc3cc(C)ccc23)C[C@H]1C(=O)N[C@]1(C(=O)OC)CC1C=C. The molecule has 2 fully saturated rings. The Hall–Kier alpha value is -4.74. The Morgan fingerprint density at radius 3 is 2.48 bits per heavy atom. The van der Waals surface area contributed by atoms with Crippen LogP contribution in [0, 0.1) is 12.8 Å². The number of hydrogen-bond acceptors (Lipinski definition) is 9. The molecule has 1 aromatic carbocycles. The molecule has 2 aliphatic rings. The van der Waals surface area contributed by atoms with Gasteiger partial charge in [-0.05, 0) is 71.1 Å². The molecule has 5 atom stereocenters. The van der Waals surface area contributed by atoms with Crippen LogP contribution in [0.4, 0.5) is 4.79 Å². The number of aromatic nitrogens is 1. The molecule has 0 spiro atoms. The maximum atomic E-state index is 14.4. The number of esters is 1. The first kappa shape index (κ1) is 38.1. The smallest absolute Gasteiger partial charge is 0.408 e. The van der Waals surface area contributed by atoms with Crippen LogP contribution in [0.25, 0.3) is 10.9 Å². The van der Waals surface area contributed by atoms with Gasteiger partial charge in [0, 0.05) is 30.7 Å². The number of aryl methyl sites for hydroxylation is 1. The zero-order chi connectivity index (χ0) is 36.8. The second-order valence-electron chi connectivity index (χ2n) is 14.2. The molecule has 1 aliphatic carbocycles. The molecular weight excluding hydrogens is 640 g/mol. The van der Waals surface area contributed by atoms with E-state index in [2.05, 4.69) is 28.8 Å². The lowest BCUT2D eigenvalue weighted by Crippen LogP contribution is -2.56. The monoisotopic (exact) mass is 690 g/mol. The second-order valence-corrected chi connectivity index (χ2v) is 14.2. The van der Waals surface area contributed by atoms with Gasteiger partial charge in [0.2, 0.25) is 11.8 Å². The maximum absolute atomic E-state index is 14.4. The van der Waals surface area contributed by atoms with E-state index in [0.29, 0.717) is 35.9 Å². The molecule has 1 saturated carbocycles. The number of rotatable bonds is 15. The molecule has 0 radical (unpaired) electrons. The fourth-order valence-corrected chi connectivity index (χ4v) is 6.35. The number of alkyl carbamates (subject to hydrolysis) is 1. The van der Waals surface area contributed by atoms with Crippen LogP contribution in [-0.2, 0) is 23.9 Å². The zero-order valence-corrected chi connectivity index (χ0v) is 30.0. The van der Waals surface area contributed by atoms with Gasteiger partial charge in [0.1, 0.15) is 40.8 Å². The van der Waals surface area contributed by atoms with Crippen LogP contribution in [0.3, 0.4) is 0 Å². The predicted octanol–water partition coefficient (Wildman–Crippen LogP) is 5.36. The number of unbranched alkanes of at least 4 members (excludes halogenated alkanes) is 3. The lowest BCUT2D eigenvalue weighted by molar-refractivity contribution is -0.148. The van der Waals surface area contributed by atoms with E-state index in [9.17, 15) is 24.0 Å². The van der Waals surface area contributed by atoms with E-state index in [1.54, 1.807) is 32.9 Å². The number of nitrogens with one attached hydrogen (secondary N) is 2. The normalized spacial score (nSPS) is 21.9. The number of benzene rings is 1. The topological polar surface area (TPSA) is 153 Å². The molecule has 2 N–H and O–H groups in total. The van der Waals surface area contributed by atoms with Gasteiger partial charge in [-0.2, -0.15) is 0 Å². The number of pyridine rings is 1. The van der Waals surface area contributed by atoms with Gasteiger partial charge in [-0.1, -0.05) is 31.1 Å². The molecule has 1 aliphatic heterocycles. The highest BCUT2D eigenvalue weighted by atomic mass is 16.6. The highest BCUT2D eigenvalue weighted by Gasteiger charge is 2.62. The summed E-state index contributed by atoms with van der Waals surface area (Å²) in [6.07, 6.45) is 5.85. The Kier molecular flexibility index (Phi) is 12.1. The third kappa shape index (κ3) is 9.08. The van der Waals surface area contributed by atoms with Gasteiger partial charge >= 0.3 is 12.1 Å². The summed E-state index contributed by atoms with van der Waals surface area (Å²) >= 11 is 0. The van der Waals surface area contributed by atoms with Gasteiger partial charge in [0.05, 0.1) is 19.2 Å². The number of Topliss-reactive ketones (excluding diaryl/α,β-unsaturated/α-hetero) is 1. The number of carbonyl (C=O) groups is 5. The minimum atomic E-state index is -1.28. The quantitative estimate of drug-likeness (QED) is 0.109. The Balaban J connectivity index is 1.67. The molecule has 2 heterocycles. The summed E-state index contributed by atoms with van der Waals surface area (Å²) in [6.45, 7) is 16.1. The lowest BCUT2D eigenvalue weighted by atomic mass is 10.0. The molecule has 2 aromatic rings. The van der Waals surface area contributed by atoms with Crippen molar-refractivity contribution in [3.05, 3.63) is 60.8 Å². The van der Waals surface area contributed by atoms with Gasteiger partial charge in [-0.15, -0.1) is 13.2 Å². The van der Waals surface area contributed by atoms with Crippen molar-refractivity contribution in [3.63, 3.8) is 0 Å². The minimum Gasteiger partial charge on any atom is -0.488 e. The average Bonchev–Trinajstić information content (AvgIpc) is 3.60. The summed E-state index contributed by atoms with van der Waals surface area (Å²) in [7, 11) is 1.25. The number of fused-ring (bicyclic) bond motifs is 1. The van der Waals surface area contributed by atoms with Crippen molar-refractivity contribution in [1.29, 1.82) is 0 Å². The van der Waals surface area contributed by atoms with Crippen LogP contribution in [-0.4, -0.2) is 82.5 Å². The van der Waals surface area contributed by atoms with Crippen LogP contribution >= 0.6 is 0 Å². The highest BCUT2D eigenvalue weighted by molar-refractivity contribution is 5.98. The fraction of sp³-hybridized carbons (Fsp3) is 0.526. The number of likely N-dealkylation sites (tertiary alicyclic amines) is 1. The third-order valence-electron chi connectivity index (χ3n) is 9.02. The molecule has 12 heteroatoms. The summed E-state index contributed by atoms with van der Waals surface area (Å²) in [4.78, 5) is 72.5. The molecule has 270 valence electrons. The number of hydrogen-bond donors (Lipinski definition) is 2. The largest absolute Gasteiger partial charge is 0.488 e. The summed E-state index contributed by atoms with van der Waals surface area (Å²) in [5.41, 5.74) is -0.321. The van der Waals surface area contributed by atoms with Crippen LogP contribution < -0.4 is 15.4 Å². The van der Waals surface area contributed by atoms with Crippen molar-refractivity contribution in [3.8, 4) is 5.75 Å². The number of carbonyl (C=O) groups excluding carboxylic acids is 5. The summed E-state index contributed by atoms with van der Waals surface area (Å²) < 4.78 is 17.0. The van der Waals surface area contributed by atoms with E-state index in [1.165, 1.54) is 18.9 Å². The van der Waals surface area contributed by atoms with E-state index < -0.39 is 53.2 Å². The zero-order valence-electron chi connectivity index (χ0n) is 30.0. The molecule has 3 amide bonds. The van der Waals surface area contributed by atoms with E-state index in [4.69, 9.17) is 14.2 Å². The Morgan fingerprint density at radius 1 is 1.12 bits per heavy atom. The van der Waals surface area contributed by atoms with E-state index in [1.807, 2.05) is 31.2 Å². The number of ether oxygens (including phenoxy) is 3. The number of allylic oxidation sites excluding steroid dienone is 1. The molecule has 1 saturated heterocycles. The maximum Gasteiger partial charge on any atom is 0.408 e. The van der Waals surface area contributed by atoms with Crippen LogP contribution in [0.5, 0.6) is 5.75 Å². The molecule has 0 bridgehead atoms. The van der Waals surface area contributed by atoms with E-state index in [-0.39, 0.29) is 30.4 Å². The van der Waals surface area contributed by atoms with Crippen molar-refractivity contribution >= 4 is 40.6 Å². The lowest BCUT2D eigenvalue weighted by Gasteiger charge is -2.30. The number of nitrogens with zero attached hydrogens (tertiary/aromatic N) is 2. The first-order valence-electron chi connectivity index (χ1n) is 17.1. The Morgan fingerprint density at radius 2 is 1.86 bits per heavy atom. The van der Waals surface area contributed by atoms with E-state index >= 15 is 0 Å². The second kappa shape index (κ2) is 15.9. The van der Waals surface area contributed by atoms with Crippen LogP contribution in [0.15, 0.2) is 49.6 Å². The van der Waals surface area contributed by atoms with Gasteiger partial charge < -0.3 is 29.7 Å². The average molecular weight is 691 g/mol. The van der Waals surface area contributed by atoms with Gasteiger partial charge in [0.15, 0.2) is 5.78 Å². The third-order valence-corrected chi connectivity index (χ3v) is 9.02. The van der Waals surface area contributed by atoms with E-state index in [0.717, 1.165) is 24.8 Å². The minimum absolute atomic E-state index is 0.00107. The fourth-order valence-electron chi connectivity index (χ4n) is 6.35. The summed E-state index contributed by atoms with van der Waals surface area (Å²) in [5, 5.41) is 6.27. The first-order valence-corrected chi connectivity index (χ1v) is 17.1. The summed E-state index contributed by atoms with van der Waals surface area (Å²) in [5.74, 6) is -1.81. The summed E-state index contributed by atoms with van der Waals surface area (Å²) in [6, 6.07) is 5.15. The Labute approximate surface area is 294 Å². The van der Waals surface area contributed by atoms with Gasteiger partial charge in [-0.25, -0.2) is 14.6 Å². The van der Waals surface area contributed by atoms with Gasteiger partial charge in [0.25, 0.3) is 0 Å². The molecule has 4 rings (SSSR count). The first-order chi connectivity index (χ1) is 23.6. The molecule has 50 heavy (non-hydrogen) atoms. The molecule has 1 unspecified atom stereocenters. The van der Waals surface area contributed by atoms with Crippen molar-refractivity contribution in [2.75, 3.05) is 13.7 Å². The van der Waals surface area contributed by atoms with Crippen molar-refractivity contribution in [2.45, 2.75) is 109 Å². The van der Waals surface area contributed by atoms with Crippen LogP contribution in [0.2, 0.25) is 0 Å². The van der Waals surface area contributed by atoms with Gasteiger partial charge in [-0.3, -0.25) is 14.4 Å². The number of methoxy groups -OCH3 is 1. The number of ketones is 1. The van der Waals surface area contributed by atoms with Crippen molar-refractivity contribution in [1.82, 2.24) is 20.5 Å². The van der Waals surface area contributed by atoms with Crippen molar-refractivity contribution in [2.24, 2.45) is 5.92 Å². The predicted molar refractivity (Wildman–Crippen MR) is 189 cm³/mol.